The van der Waals surface area contributed by atoms with Crippen molar-refractivity contribution in [1.82, 2.24) is 4.90 Å². The molecule has 0 spiro atoms. The molecule has 2 aliphatic carbocycles. The Morgan fingerprint density at radius 2 is 1.87 bits per heavy atom. The van der Waals surface area contributed by atoms with Crippen LogP contribution in [-0.4, -0.2) is 43.5 Å². The topological polar surface area (TPSA) is 24.8 Å². The molecule has 0 aromatic heterocycles. The standard InChI is InChI=1S/C20H26N2O/c23-20(14-16-4-2-1-3-5-16)22-10-8-21(9-11-22)15-19-13-17-6-7-18(19)12-17/h1-7,17-19H,8-15H2/p+1/t17-,18-,19+/m0/s1. The van der Waals surface area contributed by atoms with Gasteiger partial charge in [0.25, 0.3) is 0 Å². The van der Waals surface area contributed by atoms with Gasteiger partial charge in [-0.1, -0.05) is 42.5 Å². The Morgan fingerprint density at radius 1 is 1.09 bits per heavy atom. The van der Waals surface area contributed by atoms with Crippen molar-refractivity contribution in [3.63, 3.8) is 0 Å². The first kappa shape index (κ1) is 14.9. The SMILES string of the molecule is O=C(Cc1ccccc1)N1CC[NH+](C[C@H]2C[C@H]3C=C[C@H]2C3)CC1. The van der Waals surface area contributed by atoms with Gasteiger partial charge in [-0.05, 0) is 30.2 Å². The average Bonchev–Trinajstić information content (AvgIpc) is 3.19. The number of hydrogen-bond acceptors (Lipinski definition) is 1. The van der Waals surface area contributed by atoms with E-state index in [4.69, 9.17) is 0 Å². The van der Waals surface area contributed by atoms with Crippen molar-refractivity contribution >= 4 is 5.91 Å². The number of hydrogen-bond donors (Lipinski definition) is 1. The first-order chi connectivity index (χ1) is 11.3. The lowest BCUT2D eigenvalue weighted by Crippen LogP contribution is -3.15. The molecule has 2 fully saturated rings. The molecule has 1 heterocycles. The molecular formula is C20H27N2O+. The minimum atomic E-state index is 0.290. The van der Waals surface area contributed by atoms with E-state index in [0.29, 0.717) is 6.42 Å². The summed E-state index contributed by atoms with van der Waals surface area (Å²) in [5.41, 5.74) is 1.13. The fourth-order valence-electron chi connectivity index (χ4n) is 4.66. The molecule has 23 heavy (non-hydrogen) atoms. The monoisotopic (exact) mass is 311 g/mol. The quantitative estimate of drug-likeness (QED) is 0.830. The summed E-state index contributed by atoms with van der Waals surface area (Å²) in [5.74, 6) is 2.91. The zero-order valence-electron chi connectivity index (χ0n) is 13.8. The minimum absolute atomic E-state index is 0.290. The summed E-state index contributed by atoms with van der Waals surface area (Å²) >= 11 is 0. The second-order valence-corrected chi connectivity index (χ2v) is 7.54. The molecule has 1 aromatic carbocycles. The summed E-state index contributed by atoms with van der Waals surface area (Å²) in [4.78, 5) is 16.2. The highest BCUT2D eigenvalue weighted by Crippen LogP contribution is 2.42. The van der Waals surface area contributed by atoms with Gasteiger partial charge in [0.05, 0.1) is 39.1 Å². The molecule has 3 atom stereocenters. The normalized spacial score (nSPS) is 30.1. The van der Waals surface area contributed by atoms with Gasteiger partial charge in [-0.15, -0.1) is 0 Å². The smallest absolute Gasteiger partial charge is 0.227 e. The number of nitrogens with one attached hydrogen (secondary N) is 1. The Balaban J connectivity index is 1.24. The van der Waals surface area contributed by atoms with Crippen molar-refractivity contribution in [3.8, 4) is 0 Å². The van der Waals surface area contributed by atoms with E-state index in [1.165, 1.54) is 19.4 Å². The molecule has 3 aliphatic rings. The summed E-state index contributed by atoms with van der Waals surface area (Å²) in [6.07, 6.45) is 8.24. The van der Waals surface area contributed by atoms with E-state index in [1.807, 2.05) is 30.3 Å². The minimum Gasteiger partial charge on any atom is -0.332 e. The van der Waals surface area contributed by atoms with E-state index in [0.717, 1.165) is 49.5 Å². The lowest BCUT2D eigenvalue weighted by Gasteiger charge is -2.34. The van der Waals surface area contributed by atoms with E-state index in [1.54, 1.807) is 4.90 Å². The van der Waals surface area contributed by atoms with E-state index in [2.05, 4.69) is 17.1 Å². The van der Waals surface area contributed by atoms with E-state index in [9.17, 15) is 4.79 Å². The fourth-order valence-corrected chi connectivity index (χ4v) is 4.66. The van der Waals surface area contributed by atoms with Crippen LogP contribution >= 0.6 is 0 Å². The van der Waals surface area contributed by atoms with Crippen LogP contribution in [0.25, 0.3) is 0 Å². The Hall–Kier alpha value is -1.61. The number of piperazine rings is 1. The van der Waals surface area contributed by atoms with Gasteiger partial charge in [0.1, 0.15) is 0 Å². The van der Waals surface area contributed by atoms with Crippen LogP contribution in [0, 0.1) is 17.8 Å². The molecule has 2 bridgehead atoms. The molecule has 0 unspecified atom stereocenters. The summed E-state index contributed by atoms with van der Waals surface area (Å²) < 4.78 is 0. The van der Waals surface area contributed by atoms with Crippen LogP contribution < -0.4 is 4.90 Å². The van der Waals surface area contributed by atoms with Gasteiger partial charge in [0, 0.05) is 5.92 Å². The zero-order chi connectivity index (χ0) is 15.6. The fraction of sp³-hybridized carbons (Fsp3) is 0.550. The average molecular weight is 311 g/mol. The summed E-state index contributed by atoms with van der Waals surface area (Å²) in [6.45, 7) is 5.41. The highest BCUT2D eigenvalue weighted by atomic mass is 16.2. The van der Waals surface area contributed by atoms with Crippen molar-refractivity contribution in [2.75, 3.05) is 32.7 Å². The molecule has 1 saturated carbocycles. The van der Waals surface area contributed by atoms with E-state index < -0.39 is 0 Å². The number of nitrogens with zero attached hydrogens (tertiary/aromatic N) is 1. The van der Waals surface area contributed by atoms with Crippen LogP contribution in [0.15, 0.2) is 42.5 Å². The first-order valence-corrected chi connectivity index (χ1v) is 9.11. The Labute approximate surface area is 139 Å². The molecule has 0 radical (unpaired) electrons. The highest BCUT2D eigenvalue weighted by molar-refractivity contribution is 5.78. The van der Waals surface area contributed by atoms with Gasteiger partial charge < -0.3 is 9.80 Å². The molecule has 3 nitrogen and oxygen atoms in total. The predicted molar refractivity (Wildman–Crippen MR) is 91.1 cm³/mol. The first-order valence-electron chi connectivity index (χ1n) is 9.11. The Kier molecular flexibility index (Phi) is 4.21. The maximum absolute atomic E-state index is 12.4. The van der Waals surface area contributed by atoms with Crippen molar-refractivity contribution < 1.29 is 9.69 Å². The highest BCUT2D eigenvalue weighted by Gasteiger charge is 2.38. The van der Waals surface area contributed by atoms with Gasteiger partial charge in [-0.25, -0.2) is 0 Å². The van der Waals surface area contributed by atoms with Crippen molar-refractivity contribution in [2.24, 2.45) is 17.8 Å². The van der Waals surface area contributed by atoms with E-state index >= 15 is 0 Å². The molecule has 3 heteroatoms. The molecule has 1 amide bonds. The van der Waals surface area contributed by atoms with Crippen molar-refractivity contribution in [1.29, 1.82) is 0 Å². The van der Waals surface area contributed by atoms with Crippen LogP contribution in [-0.2, 0) is 11.2 Å². The summed E-state index contributed by atoms with van der Waals surface area (Å²) in [5, 5.41) is 0. The molecule has 122 valence electrons. The summed E-state index contributed by atoms with van der Waals surface area (Å²) in [7, 11) is 0. The number of quaternary nitrogens is 1. The number of amides is 1. The maximum atomic E-state index is 12.4. The number of allylic oxidation sites excluding steroid dienone is 2. The number of benzene rings is 1. The number of carbonyl (C=O) groups excluding carboxylic acids is 1. The van der Waals surface area contributed by atoms with Gasteiger partial charge >= 0.3 is 0 Å². The van der Waals surface area contributed by atoms with Crippen LogP contribution in [0.1, 0.15) is 18.4 Å². The van der Waals surface area contributed by atoms with Gasteiger partial charge in [0.2, 0.25) is 5.91 Å². The van der Waals surface area contributed by atoms with Crippen LogP contribution in [0.5, 0.6) is 0 Å². The van der Waals surface area contributed by atoms with Crippen molar-refractivity contribution in [2.45, 2.75) is 19.3 Å². The van der Waals surface area contributed by atoms with Crippen LogP contribution in [0.3, 0.4) is 0 Å². The van der Waals surface area contributed by atoms with Gasteiger partial charge in [-0.2, -0.15) is 0 Å². The van der Waals surface area contributed by atoms with Gasteiger partial charge in [0.15, 0.2) is 0 Å². The summed E-state index contributed by atoms with van der Waals surface area (Å²) in [6, 6.07) is 10.1. The number of rotatable bonds is 4. The lowest BCUT2D eigenvalue weighted by molar-refractivity contribution is -0.907. The molecule has 4 rings (SSSR count). The van der Waals surface area contributed by atoms with Crippen LogP contribution in [0.4, 0.5) is 0 Å². The maximum Gasteiger partial charge on any atom is 0.227 e. The van der Waals surface area contributed by atoms with E-state index in [-0.39, 0.29) is 5.91 Å². The van der Waals surface area contributed by atoms with Crippen LogP contribution in [0.2, 0.25) is 0 Å². The number of fused-ring (bicyclic) bond motifs is 2. The number of carbonyl (C=O) groups is 1. The second-order valence-electron chi connectivity index (χ2n) is 7.54. The Morgan fingerprint density at radius 3 is 2.52 bits per heavy atom. The third-order valence-electron chi connectivity index (χ3n) is 5.99. The largest absolute Gasteiger partial charge is 0.332 e. The zero-order valence-corrected chi connectivity index (χ0v) is 13.8. The molecule has 1 N–H and O–H groups in total. The second kappa shape index (κ2) is 6.48. The molecule has 1 saturated heterocycles. The Bertz CT molecular complexity index is 575. The third kappa shape index (κ3) is 3.35. The molecular weight excluding hydrogens is 284 g/mol. The third-order valence-corrected chi connectivity index (χ3v) is 5.99. The lowest BCUT2D eigenvalue weighted by atomic mass is 9.93. The molecule has 1 aliphatic heterocycles. The van der Waals surface area contributed by atoms with Gasteiger partial charge in [-0.3, -0.25) is 4.79 Å². The van der Waals surface area contributed by atoms with Crippen molar-refractivity contribution in [3.05, 3.63) is 48.0 Å². The molecule has 1 aromatic rings. The predicted octanol–water partition coefficient (Wildman–Crippen LogP) is 1.17.